The first kappa shape index (κ1) is 15.4. The second kappa shape index (κ2) is 8.31. The maximum atomic E-state index is 3.48. The molecule has 0 saturated carbocycles. The Morgan fingerprint density at radius 3 is 2.75 bits per heavy atom. The number of unbranched alkanes of at least 4 members (excludes halogenated alkanes) is 4. The summed E-state index contributed by atoms with van der Waals surface area (Å²) in [7, 11) is 2.09. The van der Waals surface area contributed by atoms with Gasteiger partial charge in [-0.1, -0.05) is 50.8 Å². The first-order chi connectivity index (χ1) is 9.86. The van der Waals surface area contributed by atoms with Gasteiger partial charge in [-0.3, -0.25) is 0 Å². The van der Waals surface area contributed by atoms with Crippen LogP contribution < -0.4 is 10.2 Å². The molecule has 0 fully saturated rings. The molecule has 1 aromatic carbocycles. The summed E-state index contributed by atoms with van der Waals surface area (Å²) in [5.41, 5.74) is 2.95. The van der Waals surface area contributed by atoms with Gasteiger partial charge in [-0.05, 0) is 37.9 Å². The molecule has 0 aromatic heterocycles. The third-order valence-electron chi connectivity index (χ3n) is 4.45. The van der Waals surface area contributed by atoms with Crippen LogP contribution in [0, 0.1) is 0 Å². The van der Waals surface area contributed by atoms with Crippen LogP contribution in [-0.4, -0.2) is 20.1 Å². The average molecular weight is 274 g/mol. The average Bonchev–Trinajstić information content (AvgIpc) is 2.66. The lowest BCUT2D eigenvalue weighted by molar-refractivity contribution is 0.539. The van der Waals surface area contributed by atoms with Gasteiger partial charge in [-0.25, -0.2) is 0 Å². The highest BCUT2D eigenvalue weighted by atomic mass is 15.1. The van der Waals surface area contributed by atoms with Crippen molar-refractivity contribution in [2.75, 3.05) is 25.0 Å². The fourth-order valence-electron chi connectivity index (χ4n) is 3.27. The Hall–Kier alpha value is -1.02. The Bertz CT molecular complexity index is 389. The van der Waals surface area contributed by atoms with Crippen molar-refractivity contribution < 1.29 is 0 Å². The molecule has 0 amide bonds. The quantitative estimate of drug-likeness (QED) is 0.736. The molecule has 1 aliphatic rings. The molecule has 0 saturated heterocycles. The van der Waals surface area contributed by atoms with Gasteiger partial charge in [0.1, 0.15) is 0 Å². The Kier molecular flexibility index (Phi) is 6.38. The first-order valence-corrected chi connectivity index (χ1v) is 8.38. The van der Waals surface area contributed by atoms with E-state index in [0.717, 1.165) is 0 Å². The zero-order valence-electron chi connectivity index (χ0n) is 13.2. The van der Waals surface area contributed by atoms with Crippen LogP contribution in [0.1, 0.15) is 63.5 Å². The van der Waals surface area contributed by atoms with Gasteiger partial charge in [0, 0.05) is 24.8 Å². The molecule has 0 aliphatic carbocycles. The van der Waals surface area contributed by atoms with Gasteiger partial charge in [0.2, 0.25) is 0 Å². The van der Waals surface area contributed by atoms with E-state index in [4.69, 9.17) is 0 Å². The summed E-state index contributed by atoms with van der Waals surface area (Å²) in [5.74, 6) is 0. The maximum Gasteiger partial charge on any atom is 0.0414 e. The second-order valence-electron chi connectivity index (χ2n) is 5.94. The molecule has 0 radical (unpaired) electrons. The number of hydrogen-bond donors (Lipinski definition) is 1. The number of para-hydroxylation sites is 1. The standard InChI is InChI=1S/C18H30N2/c1-3-4-5-6-9-14-20-15-10-12-17(19-2)16-11-7-8-13-18(16)20/h7-8,11,13,17,19H,3-6,9-10,12,14-15H2,1-2H3. The van der Waals surface area contributed by atoms with Crippen LogP contribution in [0.5, 0.6) is 0 Å². The molecule has 1 atom stereocenters. The molecule has 0 bridgehead atoms. The number of hydrogen-bond acceptors (Lipinski definition) is 2. The Labute approximate surface area is 124 Å². The fraction of sp³-hybridized carbons (Fsp3) is 0.667. The SMILES string of the molecule is CCCCCCCN1CCCC(NC)c2ccccc21. The highest BCUT2D eigenvalue weighted by Crippen LogP contribution is 2.32. The van der Waals surface area contributed by atoms with E-state index in [-0.39, 0.29) is 0 Å². The van der Waals surface area contributed by atoms with Gasteiger partial charge in [0.15, 0.2) is 0 Å². The summed E-state index contributed by atoms with van der Waals surface area (Å²) in [6.07, 6.45) is 9.36. The molecule has 112 valence electrons. The van der Waals surface area contributed by atoms with Gasteiger partial charge in [0.25, 0.3) is 0 Å². The molecule has 1 aliphatic heterocycles. The van der Waals surface area contributed by atoms with Crippen molar-refractivity contribution in [1.29, 1.82) is 0 Å². The van der Waals surface area contributed by atoms with Crippen molar-refractivity contribution in [2.24, 2.45) is 0 Å². The summed E-state index contributed by atoms with van der Waals surface area (Å²) < 4.78 is 0. The van der Waals surface area contributed by atoms with Crippen molar-refractivity contribution in [2.45, 2.75) is 57.9 Å². The monoisotopic (exact) mass is 274 g/mol. The summed E-state index contributed by atoms with van der Waals surface area (Å²) >= 11 is 0. The Morgan fingerprint density at radius 1 is 1.15 bits per heavy atom. The number of nitrogens with zero attached hydrogens (tertiary/aromatic N) is 1. The van der Waals surface area contributed by atoms with Gasteiger partial charge in [-0.15, -0.1) is 0 Å². The largest absolute Gasteiger partial charge is 0.371 e. The van der Waals surface area contributed by atoms with Crippen LogP contribution >= 0.6 is 0 Å². The third kappa shape index (κ3) is 3.99. The van der Waals surface area contributed by atoms with Crippen molar-refractivity contribution in [3.63, 3.8) is 0 Å². The number of benzene rings is 1. The molecule has 2 nitrogen and oxygen atoms in total. The molecule has 2 rings (SSSR count). The van der Waals surface area contributed by atoms with Crippen LogP contribution in [0.15, 0.2) is 24.3 Å². The smallest absolute Gasteiger partial charge is 0.0414 e. The molecule has 1 unspecified atom stereocenters. The lowest BCUT2D eigenvalue weighted by Gasteiger charge is -2.26. The van der Waals surface area contributed by atoms with Crippen molar-refractivity contribution in [3.05, 3.63) is 29.8 Å². The molecule has 1 N–H and O–H groups in total. The normalized spacial score (nSPS) is 18.7. The van der Waals surface area contributed by atoms with Gasteiger partial charge in [0.05, 0.1) is 0 Å². The number of anilines is 1. The fourth-order valence-corrected chi connectivity index (χ4v) is 3.27. The summed E-state index contributed by atoms with van der Waals surface area (Å²) in [6.45, 7) is 4.71. The lowest BCUT2D eigenvalue weighted by Crippen LogP contribution is -2.25. The van der Waals surface area contributed by atoms with E-state index in [1.165, 1.54) is 69.3 Å². The molecule has 0 spiro atoms. The van der Waals surface area contributed by atoms with E-state index in [1.54, 1.807) is 0 Å². The van der Waals surface area contributed by atoms with Crippen molar-refractivity contribution >= 4 is 5.69 Å². The Balaban J connectivity index is 1.98. The number of fused-ring (bicyclic) bond motifs is 1. The van der Waals surface area contributed by atoms with E-state index in [2.05, 4.69) is 48.5 Å². The molecule has 1 aromatic rings. The van der Waals surface area contributed by atoms with Crippen molar-refractivity contribution in [3.8, 4) is 0 Å². The van der Waals surface area contributed by atoms with Crippen LogP contribution in [0.25, 0.3) is 0 Å². The predicted octanol–water partition coefficient (Wildman–Crippen LogP) is 4.52. The lowest BCUT2D eigenvalue weighted by atomic mass is 10.0. The van der Waals surface area contributed by atoms with E-state index >= 15 is 0 Å². The van der Waals surface area contributed by atoms with E-state index < -0.39 is 0 Å². The van der Waals surface area contributed by atoms with Crippen LogP contribution in [0.3, 0.4) is 0 Å². The highest BCUT2D eigenvalue weighted by Gasteiger charge is 2.20. The molecule has 2 heteroatoms. The minimum atomic E-state index is 0.524. The highest BCUT2D eigenvalue weighted by molar-refractivity contribution is 5.55. The topological polar surface area (TPSA) is 15.3 Å². The molecular weight excluding hydrogens is 244 g/mol. The predicted molar refractivity (Wildman–Crippen MR) is 88.4 cm³/mol. The Morgan fingerprint density at radius 2 is 1.95 bits per heavy atom. The number of rotatable bonds is 7. The summed E-state index contributed by atoms with van der Waals surface area (Å²) in [6, 6.07) is 9.48. The maximum absolute atomic E-state index is 3.48. The molecule has 20 heavy (non-hydrogen) atoms. The zero-order chi connectivity index (χ0) is 14.2. The van der Waals surface area contributed by atoms with Crippen LogP contribution in [0.4, 0.5) is 5.69 Å². The number of nitrogens with one attached hydrogen (secondary N) is 1. The van der Waals surface area contributed by atoms with E-state index in [1.807, 2.05) is 0 Å². The second-order valence-corrected chi connectivity index (χ2v) is 5.94. The minimum Gasteiger partial charge on any atom is -0.371 e. The summed E-state index contributed by atoms with van der Waals surface area (Å²) in [5, 5.41) is 3.48. The van der Waals surface area contributed by atoms with Gasteiger partial charge >= 0.3 is 0 Å². The van der Waals surface area contributed by atoms with E-state index in [0.29, 0.717) is 6.04 Å². The minimum absolute atomic E-state index is 0.524. The third-order valence-corrected chi connectivity index (χ3v) is 4.45. The van der Waals surface area contributed by atoms with Crippen LogP contribution in [-0.2, 0) is 0 Å². The van der Waals surface area contributed by atoms with Crippen molar-refractivity contribution in [1.82, 2.24) is 5.32 Å². The van der Waals surface area contributed by atoms with Gasteiger partial charge in [-0.2, -0.15) is 0 Å². The molecule has 1 heterocycles. The van der Waals surface area contributed by atoms with Crippen LogP contribution in [0.2, 0.25) is 0 Å². The van der Waals surface area contributed by atoms with Gasteiger partial charge < -0.3 is 10.2 Å². The molecular formula is C18H30N2. The summed E-state index contributed by atoms with van der Waals surface area (Å²) in [4.78, 5) is 2.61. The first-order valence-electron chi connectivity index (χ1n) is 8.38. The van der Waals surface area contributed by atoms with E-state index in [9.17, 15) is 0 Å². The zero-order valence-corrected chi connectivity index (χ0v) is 13.2.